The highest BCUT2D eigenvalue weighted by atomic mass is 32.3. The van der Waals surface area contributed by atoms with Crippen LogP contribution in [0.2, 0.25) is 0 Å². The molecule has 0 bridgehead atoms. The van der Waals surface area contributed by atoms with Crippen LogP contribution in [0.15, 0.2) is 72.9 Å². The van der Waals surface area contributed by atoms with Gasteiger partial charge in [-0.3, -0.25) is 9.35 Å². The molecule has 1 aliphatic rings. The van der Waals surface area contributed by atoms with Crippen LogP contribution in [0.1, 0.15) is 123 Å². The molecule has 0 aromatic heterocycles. The maximum absolute atomic E-state index is 12.7. The lowest BCUT2D eigenvalue weighted by molar-refractivity contribution is -0.301. The van der Waals surface area contributed by atoms with Gasteiger partial charge in [0.15, 0.2) is 6.29 Å². The molecular formula is C42H70O12S. The van der Waals surface area contributed by atoms with Crippen molar-refractivity contribution in [2.75, 3.05) is 26.4 Å². The van der Waals surface area contributed by atoms with Crippen LogP contribution >= 0.6 is 0 Å². The maximum Gasteiger partial charge on any atom is 0.397 e. The molecule has 55 heavy (non-hydrogen) atoms. The Labute approximate surface area is 331 Å². The Morgan fingerprint density at radius 1 is 0.709 bits per heavy atom. The second kappa shape index (κ2) is 33.7. The summed E-state index contributed by atoms with van der Waals surface area (Å²) in [6, 6.07) is 0. The van der Waals surface area contributed by atoms with E-state index in [0.717, 1.165) is 57.8 Å². The molecule has 12 nitrogen and oxygen atoms in total. The molecule has 0 radical (unpaired) electrons. The van der Waals surface area contributed by atoms with Gasteiger partial charge >= 0.3 is 16.4 Å². The summed E-state index contributed by atoms with van der Waals surface area (Å²) in [4.78, 5) is 12.7. The van der Waals surface area contributed by atoms with Gasteiger partial charge in [-0.2, -0.15) is 8.42 Å². The predicted molar refractivity (Wildman–Crippen MR) is 216 cm³/mol. The van der Waals surface area contributed by atoms with Crippen molar-refractivity contribution >= 4 is 16.4 Å². The zero-order chi connectivity index (χ0) is 40.4. The molecule has 316 valence electrons. The molecule has 4 N–H and O–H groups in total. The van der Waals surface area contributed by atoms with E-state index in [0.29, 0.717) is 13.0 Å². The lowest BCUT2D eigenvalue weighted by Gasteiger charge is -2.41. The smallest absolute Gasteiger partial charge is 0.397 e. The quantitative estimate of drug-likeness (QED) is 0.0222. The van der Waals surface area contributed by atoms with Crippen molar-refractivity contribution < 1.29 is 56.2 Å². The third kappa shape index (κ3) is 27.7. The predicted octanol–water partition coefficient (Wildman–Crippen LogP) is 7.57. The highest BCUT2D eigenvalue weighted by molar-refractivity contribution is 7.80. The molecule has 0 amide bonds. The topological polar surface area (TPSA) is 178 Å². The first-order valence-electron chi connectivity index (χ1n) is 20.2. The van der Waals surface area contributed by atoms with Crippen molar-refractivity contribution in [3.8, 4) is 0 Å². The van der Waals surface area contributed by atoms with Crippen molar-refractivity contribution in [2.45, 2.75) is 160 Å². The molecule has 0 spiro atoms. The van der Waals surface area contributed by atoms with Gasteiger partial charge in [0.1, 0.15) is 30.5 Å². The van der Waals surface area contributed by atoms with E-state index < -0.39 is 59.8 Å². The number of aliphatic hydroxyl groups is 3. The zero-order valence-corrected chi connectivity index (χ0v) is 34.0. The standard InChI is InChI=1S/C42H70O12S/c1-3-5-7-9-11-13-15-17-18-19-21-23-25-27-29-31-38(44)52-36(34-50-32-30-28-26-24-22-20-16-14-12-10-8-6-4-2)35-51-42-40(46)41(54-55(47,48)49)39(45)37(33-43)53-42/h5,7,11-14,17-18,21,23,27,29,36-37,39-43,45-46H,3-4,6,8-10,15-16,19-20,22,24-26,28,30-35H2,1-2H3,(H,47,48,49)/b7-5-,13-11-,14-12-,18-17-,23-21-,29-27-. The van der Waals surface area contributed by atoms with Crippen molar-refractivity contribution in [1.82, 2.24) is 0 Å². The number of ether oxygens (including phenoxy) is 4. The van der Waals surface area contributed by atoms with Gasteiger partial charge in [-0.25, -0.2) is 4.18 Å². The lowest BCUT2D eigenvalue weighted by Crippen LogP contribution is -2.60. The van der Waals surface area contributed by atoms with Crippen LogP contribution in [0.3, 0.4) is 0 Å². The lowest BCUT2D eigenvalue weighted by atomic mass is 9.99. The molecule has 6 unspecified atom stereocenters. The summed E-state index contributed by atoms with van der Waals surface area (Å²) in [6.45, 7) is 3.68. The van der Waals surface area contributed by atoms with Crippen molar-refractivity contribution in [3.05, 3.63) is 72.9 Å². The Hall–Kier alpha value is -2.46. The van der Waals surface area contributed by atoms with E-state index in [2.05, 4.69) is 72.7 Å². The minimum atomic E-state index is -5.07. The van der Waals surface area contributed by atoms with E-state index in [9.17, 15) is 28.5 Å². The van der Waals surface area contributed by atoms with Gasteiger partial charge in [0.25, 0.3) is 0 Å². The van der Waals surface area contributed by atoms with E-state index in [1.54, 1.807) is 6.08 Å². The Morgan fingerprint density at radius 2 is 1.25 bits per heavy atom. The van der Waals surface area contributed by atoms with Crippen molar-refractivity contribution in [2.24, 2.45) is 0 Å². The average molecular weight is 799 g/mol. The fourth-order valence-corrected chi connectivity index (χ4v) is 6.07. The SMILES string of the molecule is CC/C=C\C/C=C\C/C=C\C/C=C\C/C=C\CC(=O)OC(COCCCCCCCC/C=C\CCCCC)COC1OC(CO)C(O)C(OS(=O)(=O)O)C1O. The molecule has 0 aromatic rings. The first kappa shape index (κ1) is 50.6. The van der Waals surface area contributed by atoms with Crippen LogP contribution in [0.5, 0.6) is 0 Å². The maximum atomic E-state index is 12.7. The summed E-state index contributed by atoms with van der Waals surface area (Å²) < 4.78 is 58.7. The van der Waals surface area contributed by atoms with Crippen molar-refractivity contribution in [1.29, 1.82) is 0 Å². The Kier molecular flexibility index (Phi) is 30.9. The monoisotopic (exact) mass is 798 g/mol. The molecule has 1 saturated heterocycles. The minimum Gasteiger partial charge on any atom is -0.457 e. The molecule has 1 rings (SSSR count). The van der Waals surface area contributed by atoms with Crippen LogP contribution in [0.4, 0.5) is 0 Å². The molecular weight excluding hydrogens is 729 g/mol. The van der Waals surface area contributed by atoms with Gasteiger partial charge < -0.3 is 34.3 Å². The second-order valence-corrected chi connectivity index (χ2v) is 14.6. The van der Waals surface area contributed by atoms with Crippen LogP contribution in [-0.4, -0.2) is 97.5 Å². The van der Waals surface area contributed by atoms with Gasteiger partial charge in [0, 0.05) is 6.61 Å². The normalized spacial score (nSPS) is 21.7. The first-order valence-corrected chi connectivity index (χ1v) is 21.6. The molecule has 0 saturated carbocycles. The Morgan fingerprint density at radius 3 is 1.82 bits per heavy atom. The largest absolute Gasteiger partial charge is 0.457 e. The summed E-state index contributed by atoms with van der Waals surface area (Å²) in [7, 11) is -5.07. The van der Waals surface area contributed by atoms with E-state index in [1.165, 1.54) is 38.5 Å². The van der Waals surface area contributed by atoms with E-state index >= 15 is 0 Å². The summed E-state index contributed by atoms with van der Waals surface area (Å²) >= 11 is 0. The third-order valence-electron chi connectivity index (χ3n) is 8.60. The number of rotatable bonds is 33. The number of esters is 1. The minimum absolute atomic E-state index is 0.00424. The zero-order valence-electron chi connectivity index (χ0n) is 33.2. The summed E-state index contributed by atoms with van der Waals surface area (Å²) in [6.07, 6.45) is 32.5. The fraction of sp³-hybridized carbons (Fsp3) is 0.690. The summed E-state index contributed by atoms with van der Waals surface area (Å²) in [5.41, 5.74) is 0. The number of carbonyl (C=O) groups excluding carboxylic acids is 1. The van der Waals surface area contributed by atoms with Crippen LogP contribution in [0, 0.1) is 0 Å². The molecule has 1 fully saturated rings. The number of hydrogen-bond acceptors (Lipinski definition) is 11. The molecule has 0 aromatic carbocycles. The molecule has 0 aliphatic carbocycles. The van der Waals surface area contributed by atoms with E-state index in [1.807, 2.05) is 12.2 Å². The Balaban J connectivity index is 2.57. The second-order valence-electron chi connectivity index (χ2n) is 13.5. The van der Waals surface area contributed by atoms with Crippen LogP contribution < -0.4 is 0 Å². The number of unbranched alkanes of at least 4 members (excludes halogenated alkanes) is 9. The van der Waals surface area contributed by atoms with Gasteiger partial charge in [-0.15, -0.1) is 0 Å². The van der Waals surface area contributed by atoms with Gasteiger partial charge in [-0.1, -0.05) is 125 Å². The Bertz CT molecular complexity index is 1240. The van der Waals surface area contributed by atoms with Crippen molar-refractivity contribution in [3.63, 3.8) is 0 Å². The summed E-state index contributed by atoms with van der Waals surface area (Å²) in [5.74, 6) is -0.532. The van der Waals surface area contributed by atoms with Gasteiger partial charge in [0.05, 0.1) is 26.2 Å². The van der Waals surface area contributed by atoms with Gasteiger partial charge in [0.2, 0.25) is 0 Å². The highest BCUT2D eigenvalue weighted by Crippen LogP contribution is 2.26. The van der Waals surface area contributed by atoms with E-state index in [4.69, 9.17) is 23.5 Å². The number of allylic oxidation sites excluding steroid dienone is 11. The molecule has 6 atom stereocenters. The van der Waals surface area contributed by atoms with Crippen LogP contribution in [-0.2, 0) is 38.3 Å². The number of aliphatic hydroxyl groups excluding tert-OH is 3. The average Bonchev–Trinajstić information content (AvgIpc) is 3.15. The first-order chi connectivity index (χ1) is 26.6. The number of carbonyl (C=O) groups is 1. The molecule has 1 aliphatic heterocycles. The fourth-order valence-electron chi connectivity index (χ4n) is 5.56. The van der Waals surface area contributed by atoms with Crippen LogP contribution in [0.25, 0.3) is 0 Å². The summed E-state index contributed by atoms with van der Waals surface area (Å²) in [5, 5.41) is 30.5. The number of hydrogen-bond donors (Lipinski definition) is 4. The molecule has 1 heterocycles. The van der Waals surface area contributed by atoms with Gasteiger partial charge in [-0.05, 0) is 64.2 Å². The third-order valence-corrected chi connectivity index (χ3v) is 9.06. The van der Waals surface area contributed by atoms with E-state index in [-0.39, 0.29) is 19.6 Å². The molecule has 13 heteroatoms. The highest BCUT2D eigenvalue weighted by Gasteiger charge is 2.48.